The van der Waals surface area contributed by atoms with Crippen LogP contribution in [0.25, 0.3) is 0 Å². The molecule has 1 aliphatic carbocycles. The predicted octanol–water partition coefficient (Wildman–Crippen LogP) is 2.78. The van der Waals surface area contributed by atoms with Crippen LogP contribution in [0, 0.1) is 11.8 Å². The summed E-state index contributed by atoms with van der Waals surface area (Å²) in [4.78, 5) is 22.5. The number of hydrogen-bond donors (Lipinski definition) is 0. The van der Waals surface area contributed by atoms with Crippen molar-refractivity contribution in [3.05, 3.63) is 28.2 Å². The van der Waals surface area contributed by atoms with Gasteiger partial charge in [-0.2, -0.15) is 0 Å². The lowest BCUT2D eigenvalue weighted by atomic mass is 9.86. The Labute approximate surface area is 135 Å². The van der Waals surface area contributed by atoms with Crippen LogP contribution >= 0.6 is 11.3 Å². The third-order valence-corrected chi connectivity index (χ3v) is 6.20. The summed E-state index contributed by atoms with van der Waals surface area (Å²) >= 11 is 1.59. The molecule has 1 amide bonds. The maximum absolute atomic E-state index is 12.7. The molecule has 3 aliphatic rings. The second-order valence-corrected chi connectivity index (χ2v) is 7.89. The molecule has 118 valence electrons. The highest BCUT2D eigenvalue weighted by Gasteiger charge is 2.35. The second-order valence-electron chi connectivity index (χ2n) is 6.77. The summed E-state index contributed by atoms with van der Waals surface area (Å²) in [5, 5.41) is 1.09. The number of carbonyl (C=O) groups is 1. The Morgan fingerprint density at radius 2 is 1.86 bits per heavy atom. The van der Waals surface area contributed by atoms with Crippen LogP contribution in [0.5, 0.6) is 0 Å². The number of rotatable bonds is 3. The van der Waals surface area contributed by atoms with E-state index in [-0.39, 0.29) is 5.91 Å². The van der Waals surface area contributed by atoms with Gasteiger partial charge in [-0.05, 0) is 50.6 Å². The fourth-order valence-electron chi connectivity index (χ4n) is 3.95. The highest BCUT2D eigenvalue weighted by Crippen LogP contribution is 2.34. The molecule has 2 aliphatic heterocycles. The maximum atomic E-state index is 12.7. The Morgan fingerprint density at radius 3 is 2.55 bits per heavy atom. The molecule has 5 heteroatoms. The highest BCUT2D eigenvalue weighted by molar-refractivity contribution is 7.13. The number of amides is 1. The number of nitrogens with zero attached hydrogens (tertiary/aromatic N) is 3. The van der Waals surface area contributed by atoms with Gasteiger partial charge in [-0.25, -0.2) is 4.98 Å². The van der Waals surface area contributed by atoms with Gasteiger partial charge in [0.15, 0.2) is 0 Å². The van der Waals surface area contributed by atoms with Crippen molar-refractivity contribution in [2.24, 2.45) is 11.8 Å². The molecule has 0 unspecified atom stereocenters. The lowest BCUT2D eigenvalue weighted by molar-refractivity contribution is 0.0788. The minimum Gasteiger partial charge on any atom is -0.337 e. The summed E-state index contributed by atoms with van der Waals surface area (Å²) in [5.41, 5.74) is 0. The van der Waals surface area contributed by atoms with Crippen molar-refractivity contribution in [2.45, 2.75) is 32.2 Å². The topological polar surface area (TPSA) is 36.4 Å². The summed E-state index contributed by atoms with van der Waals surface area (Å²) in [6, 6.07) is 0. The number of aromatic nitrogens is 1. The van der Waals surface area contributed by atoms with Gasteiger partial charge >= 0.3 is 0 Å². The molecule has 0 aromatic carbocycles. The molecule has 0 bridgehead atoms. The summed E-state index contributed by atoms with van der Waals surface area (Å²) in [5.74, 6) is 1.54. The Hall–Kier alpha value is -1.20. The molecule has 0 radical (unpaired) electrons. The Morgan fingerprint density at radius 1 is 1.18 bits per heavy atom. The first-order chi connectivity index (χ1) is 10.8. The molecule has 0 spiro atoms. The van der Waals surface area contributed by atoms with Crippen LogP contribution in [-0.4, -0.2) is 46.9 Å². The van der Waals surface area contributed by atoms with Crippen LogP contribution in [0.15, 0.2) is 18.3 Å². The molecule has 2 atom stereocenters. The summed E-state index contributed by atoms with van der Waals surface area (Å²) < 4.78 is 0. The summed E-state index contributed by atoms with van der Waals surface area (Å²) in [7, 11) is 0. The molecular formula is C17H23N3OS. The third kappa shape index (κ3) is 2.84. The van der Waals surface area contributed by atoms with E-state index < -0.39 is 0 Å². The van der Waals surface area contributed by atoms with E-state index in [9.17, 15) is 4.79 Å². The van der Waals surface area contributed by atoms with Crippen molar-refractivity contribution in [3.8, 4) is 0 Å². The van der Waals surface area contributed by atoms with Crippen LogP contribution in [0.1, 0.15) is 40.4 Å². The zero-order chi connectivity index (χ0) is 14.9. The molecular weight excluding hydrogens is 294 g/mol. The first-order valence-electron chi connectivity index (χ1n) is 8.41. The summed E-state index contributed by atoms with van der Waals surface area (Å²) in [6.07, 6.45) is 11.2. The van der Waals surface area contributed by atoms with Crippen molar-refractivity contribution in [3.63, 3.8) is 0 Å². The monoisotopic (exact) mass is 317 g/mol. The lowest BCUT2D eigenvalue weighted by Gasteiger charge is -2.17. The molecule has 0 saturated carbocycles. The standard InChI is InChI=1S/C17H23N3OS/c21-17(20-10-13-5-1-2-6-14(13)11-20)15-9-18-16(22-15)12-19-7-3-4-8-19/h1-2,9,13-14H,3-8,10-12H2/t13-,14+. The van der Waals surface area contributed by atoms with Crippen molar-refractivity contribution in [1.82, 2.24) is 14.8 Å². The van der Waals surface area contributed by atoms with Crippen LogP contribution in [0.3, 0.4) is 0 Å². The Bertz CT molecular complexity index is 560. The van der Waals surface area contributed by atoms with Gasteiger partial charge < -0.3 is 4.90 Å². The maximum Gasteiger partial charge on any atom is 0.265 e. The van der Waals surface area contributed by atoms with Crippen molar-refractivity contribution in [2.75, 3.05) is 26.2 Å². The van der Waals surface area contributed by atoms with Crippen molar-refractivity contribution < 1.29 is 4.79 Å². The van der Waals surface area contributed by atoms with Crippen LogP contribution in [-0.2, 0) is 6.54 Å². The highest BCUT2D eigenvalue weighted by atomic mass is 32.1. The number of fused-ring (bicyclic) bond motifs is 1. The third-order valence-electron chi connectivity index (χ3n) is 5.23. The minimum atomic E-state index is 0.194. The molecule has 2 fully saturated rings. The van der Waals surface area contributed by atoms with E-state index in [1.54, 1.807) is 17.5 Å². The summed E-state index contributed by atoms with van der Waals surface area (Å²) in [6.45, 7) is 5.10. The molecule has 1 aromatic heterocycles. The average Bonchev–Trinajstić information content (AvgIpc) is 3.27. The zero-order valence-electron chi connectivity index (χ0n) is 12.9. The molecule has 4 nitrogen and oxygen atoms in total. The quantitative estimate of drug-likeness (QED) is 0.804. The van der Waals surface area contributed by atoms with E-state index in [4.69, 9.17) is 0 Å². The van der Waals surface area contributed by atoms with Gasteiger partial charge in [0.1, 0.15) is 9.88 Å². The largest absolute Gasteiger partial charge is 0.337 e. The molecule has 3 heterocycles. The minimum absolute atomic E-state index is 0.194. The van der Waals surface area contributed by atoms with Gasteiger partial charge in [0.2, 0.25) is 0 Å². The van der Waals surface area contributed by atoms with Gasteiger partial charge in [-0.1, -0.05) is 12.2 Å². The van der Waals surface area contributed by atoms with Gasteiger partial charge in [0, 0.05) is 13.1 Å². The number of allylic oxidation sites excluding steroid dienone is 2. The lowest BCUT2D eigenvalue weighted by Crippen LogP contribution is -2.28. The molecule has 22 heavy (non-hydrogen) atoms. The fourth-order valence-corrected chi connectivity index (χ4v) is 4.88. The predicted molar refractivity (Wildman–Crippen MR) is 87.9 cm³/mol. The van der Waals surface area contributed by atoms with Gasteiger partial charge in [0.25, 0.3) is 5.91 Å². The first kappa shape index (κ1) is 14.4. The molecule has 2 saturated heterocycles. The average molecular weight is 317 g/mol. The molecule has 4 rings (SSSR count). The SMILES string of the molecule is O=C(c1cnc(CN2CCCC2)s1)N1C[C@H]2CC=CC[C@H]2C1. The van der Waals surface area contributed by atoms with E-state index in [2.05, 4.69) is 26.9 Å². The normalized spacial score (nSPS) is 28.3. The Kier molecular flexibility index (Phi) is 4.01. The van der Waals surface area contributed by atoms with Gasteiger partial charge in [0.05, 0.1) is 12.7 Å². The Balaban J connectivity index is 1.39. The van der Waals surface area contributed by atoms with Crippen molar-refractivity contribution in [1.29, 1.82) is 0 Å². The second kappa shape index (κ2) is 6.13. The number of hydrogen-bond acceptors (Lipinski definition) is 4. The van der Waals surface area contributed by atoms with Crippen LogP contribution < -0.4 is 0 Å². The van der Waals surface area contributed by atoms with E-state index >= 15 is 0 Å². The molecule has 0 N–H and O–H groups in total. The van der Waals surface area contributed by atoms with Crippen molar-refractivity contribution >= 4 is 17.2 Å². The van der Waals surface area contributed by atoms with E-state index in [0.29, 0.717) is 11.8 Å². The van der Waals surface area contributed by atoms with E-state index in [1.807, 2.05) is 0 Å². The number of likely N-dealkylation sites (tertiary alicyclic amines) is 2. The smallest absolute Gasteiger partial charge is 0.265 e. The van der Waals surface area contributed by atoms with Crippen LogP contribution in [0.4, 0.5) is 0 Å². The zero-order valence-corrected chi connectivity index (χ0v) is 13.7. The van der Waals surface area contributed by atoms with E-state index in [0.717, 1.165) is 42.4 Å². The van der Waals surface area contributed by atoms with Gasteiger partial charge in [-0.15, -0.1) is 11.3 Å². The first-order valence-corrected chi connectivity index (χ1v) is 9.22. The van der Waals surface area contributed by atoms with Crippen LogP contribution in [0.2, 0.25) is 0 Å². The number of carbonyl (C=O) groups excluding carboxylic acids is 1. The van der Waals surface area contributed by atoms with Gasteiger partial charge in [-0.3, -0.25) is 9.69 Å². The fraction of sp³-hybridized carbons (Fsp3) is 0.647. The van der Waals surface area contributed by atoms with E-state index in [1.165, 1.54) is 25.9 Å². The molecule has 1 aromatic rings. The number of thiazole rings is 1.